The lowest BCUT2D eigenvalue weighted by molar-refractivity contribution is 0.102. The third kappa shape index (κ3) is 2.73. The van der Waals surface area contributed by atoms with Gasteiger partial charge < -0.3 is 5.32 Å². The maximum atomic E-state index is 12.3. The Hall–Kier alpha value is -2.39. The van der Waals surface area contributed by atoms with E-state index in [2.05, 4.69) is 10.3 Å². The number of benzene rings is 2. The molecule has 1 amide bonds. The van der Waals surface area contributed by atoms with Crippen LogP contribution in [-0.4, -0.2) is 10.9 Å². The molecule has 0 aliphatic rings. The second kappa shape index (κ2) is 5.54. The molecule has 0 atom stereocenters. The summed E-state index contributed by atoms with van der Waals surface area (Å²) >= 11 is 6.13. The molecule has 3 rings (SSSR count). The number of hydrogen-bond donors (Lipinski definition) is 1. The monoisotopic (exact) mass is 296 g/mol. The minimum atomic E-state index is -0.174. The Morgan fingerprint density at radius 3 is 2.67 bits per heavy atom. The number of rotatable bonds is 2. The molecule has 104 valence electrons. The van der Waals surface area contributed by atoms with Crippen LogP contribution in [0.1, 0.15) is 15.9 Å². The van der Waals surface area contributed by atoms with E-state index in [1.54, 1.807) is 18.2 Å². The largest absolute Gasteiger partial charge is 0.307 e. The Balaban J connectivity index is 1.93. The van der Waals surface area contributed by atoms with Crippen LogP contribution in [-0.2, 0) is 0 Å². The van der Waals surface area contributed by atoms with Gasteiger partial charge in [-0.2, -0.15) is 0 Å². The fraction of sp³-hybridized carbons (Fsp3) is 0.0588. The molecular weight excluding hydrogens is 284 g/mol. The van der Waals surface area contributed by atoms with Crippen LogP contribution >= 0.6 is 11.6 Å². The van der Waals surface area contributed by atoms with Crippen LogP contribution in [0.5, 0.6) is 0 Å². The number of aryl methyl sites for hydroxylation is 1. The molecule has 0 spiro atoms. The summed E-state index contributed by atoms with van der Waals surface area (Å²) in [7, 11) is 0. The van der Waals surface area contributed by atoms with E-state index >= 15 is 0 Å². The fourth-order valence-electron chi connectivity index (χ4n) is 2.19. The van der Waals surface area contributed by atoms with Crippen molar-refractivity contribution in [3.8, 4) is 0 Å². The Bertz CT molecular complexity index is 830. The second-order valence-corrected chi connectivity index (χ2v) is 5.18. The first-order valence-corrected chi connectivity index (χ1v) is 6.95. The lowest BCUT2D eigenvalue weighted by atomic mass is 10.1. The molecule has 21 heavy (non-hydrogen) atoms. The summed E-state index contributed by atoms with van der Waals surface area (Å²) in [5.41, 5.74) is 2.24. The second-order valence-electron chi connectivity index (χ2n) is 4.78. The number of halogens is 1. The predicted molar refractivity (Wildman–Crippen MR) is 85.9 cm³/mol. The van der Waals surface area contributed by atoms with E-state index < -0.39 is 0 Å². The van der Waals surface area contributed by atoms with Crippen molar-refractivity contribution in [3.63, 3.8) is 0 Å². The van der Waals surface area contributed by atoms with Crippen molar-refractivity contribution in [2.24, 2.45) is 0 Å². The van der Waals surface area contributed by atoms with Gasteiger partial charge in [0.05, 0.1) is 10.5 Å². The van der Waals surface area contributed by atoms with Gasteiger partial charge in [0.25, 0.3) is 5.91 Å². The zero-order valence-corrected chi connectivity index (χ0v) is 12.2. The average Bonchev–Trinajstić information content (AvgIpc) is 2.48. The summed E-state index contributed by atoms with van der Waals surface area (Å²) in [5, 5.41) is 4.32. The Morgan fingerprint density at radius 1 is 1.05 bits per heavy atom. The molecule has 0 radical (unpaired) electrons. The SMILES string of the molecule is Cc1ccccc1C(=O)Nc1ccc2cccc(Cl)c2n1. The van der Waals surface area contributed by atoms with E-state index in [0.29, 0.717) is 21.9 Å². The van der Waals surface area contributed by atoms with Crippen LogP contribution in [0.4, 0.5) is 5.82 Å². The zero-order valence-electron chi connectivity index (χ0n) is 11.4. The molecular formula is C17H13ClN2O. The Labute approximate surface area is 127 Å². The summed E-state index contributed by atoms with van der Waals surface area (Å²) in [6.45, 7) is 1.90. The molecule has 1 heterocycles. The van der Waals surface area contributed by atoms with Crippen LogP contribution in [0.2, 0.25) is 5.02 Å². The number of fused-ring (bicyclic) bond motifs is 1. The molecule has 0 saturated heterocycles. The number of carbonyl (C=O) groups is 1. The highest BCUT2D eigenvalue weighted by molar-refractivity contribution is 6.35. The molecule has 0 fully saturated rings. The smallest absolute Gasteiger partial charge is 0.257 e. The molecule has 0 unspecified atom stereocenters. The van der Waals surface area contributed by atoms with Crippen molar-refractivity contribution in [2.75, 3.05) is 5.32 Å². The number of nitrogens with zero attached hydrogens (tertiary/aromatic N) is 1. The fourth-order valence-corrected chi connectivity index (χ4v) is 2.42. The number of carbonyl (C=O) groups excluding carboxylic acids is 1. The molecule has 3 aromatic rings. The third-order valence-corrected chi connectivity index (χ3v) is 3.61. The van der Waals surface area contributed by atoms with Crippen LogP contribution in [0.15, 0.2) is 54.6 Å². The Morgan fingerprint density at radius 2 is 1.86 bits per heavy atom. The highest BCUT2D eigenvalue weighted by Gasteiger charge is 2.10. The van der Waals surface area contributed by atoms with Gasteiger partial charge in [-0.3, -0.25) is 4.79 Å². The van der Waals surface area contributed by atoms with Gasteiger partial charge in [-0.1, -0.05) is 41.9 Å². The molecule has 0 saturated carbocycles. The van der Waals surface area contributed by atoms with Crippen molar-refractivity contribution in [2.45, 2.75) is 6.92 Å². The Kier molecular flexibility index (Phi) is 3.59. The van der Waals surface area contributed by atoms with Crippen molar-refractivity contribution in [3.05, 3.63) is 70.7 Å². The van der Waals surface area contributed by atoms with Gasteiger partial charge in [-0.05, 0) is 36.8 Å². The number of para-hydroxylation sites is 1. The van der Waals surface area contributed by atoms with Crippen molar-refractivity contribution in [1.29, 1.82) is 0 Å². The molecule has 1 aromatic heterocycles. The first kappa shape index (κ1) is 13.6. The van der Waals surface area contributed by atoms with Crippen LogP contribution in [0.3, 0.4) is 0 Å². The normalized spacial score (nSPS) is 10.6. The topological polar surface area (TPSA) is 42.0 Å². The maximum Gasteiger partial charge on any atom is 0.257 e. The predicted octanol–water partition coefficient (Wildman–Crippen LogP) is 4.45. The van der Waals surface area contributed by atoms with E-state index in [4.69, 9.17) is 11.6 Å². The summed E-state index contributed by atoms with van der Waals surface area (Å²) in [5.74, 6) is 0.316. The van der Waals surface area contributed by atoms with E-state index in [0.717, 1.165) is 10.9 Å². The van der Waals surface area contributed by atoms with Gasteiger partial charge in [-0.15, -0.1) is 0 Å². The van der Waals surface area contributed by atoms with E-state index in [1.165, 1.54) is 0 Å². The van der Waals surface area contributed by atoms with Crippen LogP contribution in [0.25, 0.3) is 10.9 Å². The van der Waals surface area contributed by atoms with Gasteiger partial charge in [-0.25, -0.2) is 4.98 Å². The lowest BCUT2D eigenvalue weighted by Gasteiger charge is -2.08. The zero-order chi connectivity index (χ0) is 14.8. The third-order valence-electron chi connectivity index (χ3n) is 3.30. The van der Waals surface area contributed by atoms with E-state index in [9.17, 15) is 4.79 Å². The number of aromatic nitrogens is 1. The maximum absolute atomic E-state index is 12.3. The number of nitrogens with one attached hydrogen (secondary N) is 1. The summed E-state index contributed by atoms with van der Waals surface area (Å²) in [6.07, 6.45) is 0. The van der Waals surface area contributed by atoms with Gasteiger partial charge >= 0.3 is 0 Å². The highest BCUT2D eigenvalue weighted by atomic mass is 35.5. The van der Waals surface area contributed by atoms with Crippen LogP contribution in [0, 0.1) is 6.92 Å². The quantitative estimate of drug-likeness (QED) is 0.759. The average molecular weight is 297 g/mol. The van der Waals surface area contributed by atoms with Gasteiger partial charge in [0.2, 0.25) is 0 Å². The minimum Gasteiger partial charge on any atom is -0.307 e. The molecule has 0 bridgehead atoms. The molecule has 3 nitrogen and oxygen atoms in total. The van der Waals surface area contributed by atoms with Gasteiger partial charge in [0, 0.05) is 10.9 Å². The molecule has 0 aliphatic heterocycles. The molecule has 0 aliphatic carbocycles. The van der Waals surface area contributed by atoms with Gasteiger partial charge in [0.1, 0.15) is 5.82 Å². The van der Waals surface area contributed by atoms with E-state index in [1.807, 2.05) is 43.3 Å². The highest BCUT2D eigenvalue weighted by Crippen LogP contribution is 2.23. The molecule has 1 N–H and O–H groups in total. The van der Waals surface area contributed by atoms with Crippen molar-refractivity contribution >= 4 is 34.2 Å². The van der Waals surface area contributed by atoms with E-state index in [-0.39, 0.29) is 5.91 Å². The number of anilines is 1. The first-order chi connectivity index (χ1) is 10.1. The summed E-state index contributed by atoms with van der Waals surface area (Å²) in [6, 6.07) is 16.7. The summed E-state index contributed by atoms with van der Waals surface area (Å²) in [4.78, 5) is 16.7. The molecule has 2 aromatic carbocycles. The number of pyridine rings is 1. The van der Waals surface area contributed by atoms with Crippen LogP contribution < -0.4 is 5.32 Å². The van der Waals surface area contributed by atoms with Crippen molar-refractivity contribution < 1.29 is 4.79 Å². The minimum absolute atomic E-state index is 0.174. The number of amides is 1. The van der Waals surface area contributed by atoms with Crippen molar-refractivity contribution in [1.82, 2.24) is 4.98 Å². The van der Waals surface area contributed by atoms with Gasteiger partial charge in [0.15, 0.2) is 0 Å². The molecule has 4 heteroatoms. The number of hydrogen-bond acceptors (Lipinski definition) is 2. The lowest BCUT2D eigenvalue weighted by Crippen LogP contribution is -2.14. The standard InChI is InChI=1S/C17H13ClN2O/c1-11-5-2-3-7-13(11)17(21)20-15-10-9-12-6-4-8-14(18)16(12)19-15/h2-10H,1H3,(H,19,20,21). The summed E-state index contributed by atoms with van der Waals surface area (Å²) < 4.78 is 0. The first-order valence-electron chi connectivity index (χ1n) is 6.57.